The molecular formula is C23H24Cl2F2N2O5. The van der Waals surface area contributed by atoms with Crippen LogP contribution < -0.4 is 20.1 Å². The summed E-state index contributed by atoms with van der Waals surface area (Å²) in [6.07, 6.45) is 1.04. The molecule has 7 nitrogen and oxygen atoms in total. The zero-order chi connectivity index (χ0) is 24.7. The van der Waals surface area contributed by atoms with Crippen molar-refractivity contribution < 1.29 is 33.0 Å². The van der Waals surface area contributed by atoms with Gasteiger partial charge in [-0.05, 0) is 49.9 Å². The third-order valence-corrected chi connectivity index (χ3v) is 5.91. The monoisotopic (exact) mass is 516 g/mol. The molecule has 1 aliphatic carbocycles. The Labute approximate surface area is 205 Å². The predicted molar refractivity (Wildman–Crippen MR) is 122 cm³/mol. The highest BCUT2D eigenvalue weighted by molar-refractivity contribution is 6.31. The maximum Gasteiger partial charge on any atom is 0.258 e. The van der Waals surface area contributed by atoms with Gasteiger partial charge < -0.3 is 25.2 Å². The van der Waals surface area contributed by atoms with Gasteiger partial charge in [0.05, 0.1) is 10.0 Å². The molecule has 3 rings (SSSR count). The number of nitrogens with one attached hydrogen (secondary N) is 2. The Bertz CT molecular complexity index is 1020. The lowest BCUT2D eigenvalue weighted by Crippen LogP contribution is -2.48. The lowest BCUT2D eigenvalue weighted by atomic mass is 9.91. The topological polar surface area (TPSA) is 96.9 Å². The van der Waals surface area contributed by atoms with Crippen LogP contribution in [0.5, 0.6) is 11.5 Å². The number of carbonyl (C=O) groups is 2. The number of hydrogen-bond acceptors (Lipinski definition) is 5. The molecule has 0 saturated heterocycles. The fraction of sp³-hybridized carbons (Fsp3) is 0.391. The number of halogens is 4. The van der Waals surface area contributed by atoms with Crippen LogP contribution in [0.25, 0.3) is 0 Å². The number of rotatable bonds is 9. The molecule has 0 heterocycles. The van der Waals surface area contributed by atoms with Crippen molar-refractivity contribution >= 4 is 35.0 Å². The van der Waals surface area contributed by atoms with Crippen molar-refractivity contribution in [3.05, 3.63) is 58.1 Å². The summed E-state index contributed by atoms with van der Waals surface area (Å²) in [5.41, 5.74) is 0. The Hall–Kier alpha value is -2.62. The Balaban J connectivity index is 1.34. The summed E-state index contributed by atoms with van der Waals surface area (Å²) in [6.45, 7) is -0.600. The molecule has 0 radical (unpaired) electrons. The van der Waals surface area contributed by atoms with Crippen LogP contribution in [-0.4, -0.2) is 48.3 Å². The number of aliphatic hydroxyl groups is 1. The van der Waals surface area contributed by atoms with Gasteiger partial charge >= 0.3 is 0 Å². The highest BCUT2D eigenvalue weighted by atomic mass is 35.5. The van der Waals surface area contributed by atoms with E-state index in [1.54, 1.807) is 0 Å². The molecule has 184 valence electrons. The molecule has 2 aromatic rings. The number of ether oxygens (including phenoxy) is 2. The molecule has 3 N–H and O–H groups in total. The number of amides is 2. The maximum absolute atomic E-state index is 13.4. The van der Waals surface area contributed by atoms with Crippen LogP contribution in [0.2, 0.25) is 10.0 Å². The van der Waals surface area contributed by atoms with Gasteiger partial charge in [0.25, 0.3) is 11.8 Å². The smallest absolute Gasteiger partial charge is 0.258 e. The van der Waals surface area contributed by atoms with Crippen molar-refractivity contribution in [2.75, 3.05) is 13.2 Å². The van der Waals surface area contributed by atoms with E-state index in [-0.39, 0.29) is 52.7 Å². The minimum atomic E-state index is -1.42. The van der Waals surface area contributed by atoms with E-state index in [9.17, 15) is 23.5 Å². The zero-order valence-electron chi connectivity index (χ0n) is 18.0. The van der Waals surface area contributed by atoms with Crippen molar-refractivity contribution in [2.24, 2.45) is 0 Å². The Kier molecular flexibility index (Phi) is 9.32. The minimum Gasteiger partial charge on any atom is -0.490 e. The summed E-state index contributed by atoms with van der Waals surface area (Å²) in [6, 6.07) is 7.51. The van der Waals surface area contributed by atoms with E-state index in [0.29, 0.717) is 25.7 Å². The highest BCUT2D eigenvalue weighted by Crippen LogP contribution is 2.22. The van der Waals surface area contributed by atoms with Gasteiger partial charge in [-0.15, -0.1) is 0 Å². The lowest BCUT2D eigenvalue weighted by molar-refractivity contribution is -0.132. The van der Waals surface area contributed by atoms with Gasteiger partial charge in [-0.3, -0.25) is 9.59 Å². The average molecular weight is 517 g/mol. The molecule has 2 amide bonds. The Morgan fingerprint density at radius 1 is 0.912 bits per heavy atom. The van der Waals surface area contributed by atoms with Crippen molar-refractivity contribution in [3.63, 3.8) is 0 Å². The van der Waals surface area contributed by atoms with E-state index < -0.39 is 23.6 Å². The van der Waals surface area contributed by atoms with Crippen molar-refractivity contribution in [1.29, 1.82) is 0 Å². The van der Waals surface area contributed by atoms with E-state index >= 15 is 0 Å². The molecule has 1 saturated carbocycles. The van der Waals surface area contributed by atoms with Gasteiger partial charge in [0.15, 0.2) is 12.7 Å². The van der Waals surface area contributed by atoms with Gasteiger partial charge in [0.2, 0.25) is 0 Å². The van der Waals surface area contributed by atoms with Crippen LogP contribution in [0, 0.1) is 11.6 Å². The molecule has 1 atom stereocenters. The molecule has 1 unspecified atom stereocenters. The second-order valence-corrected chi connectivity index (χ2v) is 8.71. The van der Waals surface area contributed by atoms with Crippen LogP contribution in [0.4, 0.5) is 8.78 Å². The lowest BCUT2D eigenvalue weighted by Gasteiger charge is -2.30. The van der Waals surface area contributed by atoms with E-state index in [4.69, 9.17) is 32.7 Å². The van der Waals surface area contributed by atoms with Crippen molar-refractivity contribution in [3.8, 4) is 11.5 Å². The van der Waals surface area contributed by atoms with Gasteiger partial charge in [-0.25, -0.2) is 8.78 Å². The first kappa shape index (κ1) is 26.0. The normalized spacial score (nSPS) is 18.6. The van der Waals surface area contributed by atoms with Crippen LogP contribution in [0.3, 0.4) is 0 Å². The van der Waals surface area contributed by atoms with Gasteiger partial charge in [0, 0.05) is 24.2 Å². The van der Waals surface area contributed by atoms with Gasteiger partial charge in [0.1, 0.15) is 29.7 Å². The van der Waals surface area contributed by atoms with E-state index in [1.807, 2.05) is 0 Å². The number of hydrogen-bond donors (Lipinski definition) is 3. The first-order valence-corrected chi connectivity index (χ1v) is 11.4. The summed E-state index contributed by atoms with van der Waals surface area (Å²) in [5, 5.41) is 15.6. The standard InChI is InChI=1S/C23H24Cl2F2N2O5/c24-17-7-5-15(9-19(17)26)33-11-21(30)23(32)29-14-3-1-13(2-4-14)28-22(31)12-34-16-6-8-18(25)20(27)10-16/h5-10,13-14,21,30H,1-4,11-12H2,(H,28,31)(H,29,32). The highest BCUT2D eigenvalue weighted by Gasteiger charge is 2.26. The summed E-state index contributed by atoms with van der Waals surface area (Å²) >= 11 is 11.2. The minimum absolute atomic E-state index is 0.0300. The predicted octanol–water partition coefficient (Wildman–Crippen LogP) is 3.63. The van der Waals surface area contributed by atoms with Crippen LogP contribution in [-0.2, 0) is 9.59 Å². The van der Waals surface area contributed by atoms with Crippen LogP contribution >= 0.6 is 23.2 Å². The van der Waals surface area contributed by atoms with Crippen molar-refractivity contribution in [2.45, 2.75) is 43.9 Å². The van der Waals surface area contributed by atoms with Gasteiger partial charge in [-0.2, -0.15) is 0 Å². The summed E-state index contributed by atoms with van der Waals surface area (Å²) in [5.74, 6) is -1.87. The molecule has 2 aromatic carbocycles. The van der Waals surface area contributed by atoms with Crippen LogP contribution in [0.15, 0.2) is 36.4 Å². The molecule has 1 aliphatic rings. The number of aliphatic hydroxyl groups excluding tert-OH is 1. The van der Waals surface area contributed by atoms with E-state index in [0.717, 1.165) is 12.1 Å². The first-order valence-electron chi connectivity index (χ1n) is 10.6. The first-order chi connectivity index (χ1) is 16.2. The molecular weight excluding hydrogens is 493 g/mol. The number of carbonyl (C=O) groups excluding carboxylic acids is 2. The molecule has 34 heavy (non-hydrogen) atoms. The third kappa shape index (κ3) is 7.72. The molecule has 1 fully saturated rings. The number of benzene rings is 2. The quantitative estimate of drug-likeness (QED) is 0.472. The zero-order valence-corrected chi connectivity index (χ0v) is 19.5. The fourth-order valence-electron chi connectivity index (χ4n) is 3.48. The maximum atomic E-state index is 13.4. The van der Waals surface area contributed by atoms with Crippen molar-refractivity contribution in [1.82, 2.24) is 10.6 Å². The van der Waals surface area contributed by atoms with E-state index in [2.05, 4.69) is 10.6 Å². The molecule has 11 heteroatoms. The Morgan fingerprint density at radius 3 is 1.94 bits per heavy atom. The molecule has 0 aromatic heterocycles. The second kappa shape index (κ2) is 12.2. The second-order valence-electron chi connectivity index (χ2n) is 7.89. The van der Waals surface area contributed by atoms with Gasteiger partial charge in [-0.1, -0.05) is 23.2 Å². The average Bonchev–Trinajstić information content (AvgIpc) is 2.81. The SMILES string of the molecule is O=C(COc1ccc(Cl)c(F)c1)NC1CCC(NC(=O)C(O)COc2ccc(Cl)c(F)c2)CC1. The Morgan fingerprint density at radius 2 is 1.41 bits per heavy atom. The van der Waals surface area contributed by atoms with Crippen LogP contribution in [0.1, 0.15) is 25.7 Å². The summed E-state index contributed by atoms with van der Waals surface area (Å²) in [4.78, 5) is 24.3. The summed E-state index contributed by atoms with van der Waals surface area (Å²) < 4.78 is 37.4. The molecule has 0 aliphatic heterocycles. The van der Waals surface area contributed by atoms with E-state index in [1.165, 1.54) is 24.3 Å². The fourth-order valence-corrected chi connectivity index (χ4v) is 3.72. The third-order valence-electron chi connectivity index (χ3n) is 5.30. The molecule has 0 bridgehead atoms. The largest absolute Gasteiger partial charge is 0.490 e. The molecule has 0 spiro atoms. The summed E-state index contributed by atoms with van der Waals surface area (Å²) in [7, 11) is 0.